The number of nitrogens with one attached hydrogen (secondary N) is 2. The first-order valence-electron chi connectivity index (χ1n) is 9.95. The summed E-state index contributed by atoms with van der Waals surface area (Å²) in [4.78, 5) is 12.8. The Hall–Kier alpha value is -3.84. The molecule has 4 aromatic rings. The van der Waals surface area contributed by atoms with Crippen LogP contribution in [0.5, 0.6) is 0 Å². The number of amides is 2. The molecule has 2 amide bonds. The first kappa shape index (κ1) is 21.4. The van der Waals surface area contributed by atoms with Gasteiger partial charge in [-0.25, -0.2) is 13.9 Å². The van der Waals surface area contributed by atoms with Crippen LogP contribution in [0.15, 0.2) is 78.9 Å². The third kappa shape index (κ3) is 4.58. The second-order valence-corrected chi connectivity index (χ2v) is 7.67. The highest BCUT2D eigenvalue weighted by Crippen LogP contribution is 2.34. The Morgan fingerprint density at radius 1 is 1.03 bits per heavy atom. The first-order valence-corrected chi connectivity index (χ1v) is 10.3. The number of nitrogen functional groups attached to an aromatic ring is 1. The van der Waals surface area contributed by atoms with Crippen LogP contribution in [0.2, 0.25) is 5.02 Å². The van der Waals surface area contributed by atoms with E-state index in [2.05, 4.69) is 15.7 Å². The average molecular weight is 450 g/mol. The summed E-state index contributed by atoms with van der Waals surface area (Å²) in [6.45, 7) is 1.89. The van der Waals surface area contributed by atoms with E-state index < -0.39 is 6.03 Å². The quantitative estimate of drug-likeness (QED) is 0.360. The zero-order valence-electron chi connectivity index (χ0n) is 17.2. The minimum Gasteiger partial charge on any atom is -0.382 e. The van der Waals surface area contributed by atoms with Gasteiger partial charge < -0.3 is 16.4 Å². The van der Waals surface area contributed by atoms with Crippen molar-refractivity contribution in [2.75, 3.05) is 11.1 Å². The van der Waals surface area contributed by atoms with Gasteiger partial charge in [-0.1, -0.05) is 54.1 Å². The van der Waals surface area contributed by atoms with E-state index in [1.54, 1.807) is 36.4 Å². The number of carbonyl (C=O) groups excluding carboxylic acids is 1. The van der Waals surface area contributed by atoms with Crippen LogP contribution in [0.4, 0.5) is 20.7 Å². The number of aromatic nitrogens is 2. The van der Waals surface area contributed by atoms with Crippen molar-refractivity contribution in [1.29, 1.82) is 0 Å². The molecular formula is C24H21ClFN5O. The number of carbonyl (C=O) groups is 1. The SMILES string of the molecule is C[C@@H](NC(=O)Nc1c(-c2ccc(Cl)cc2)nn(-c2ccc(F)cc2)c1N)c1ccccc1. The smallest absolute Gasteiger partial charge is 0.319 e. The molecule has 4 rings (SSSR count). The average Bonchev–Trinajstić information content (AvgIpc) is 3.11. The summed E-state index contributed by atoms with van der Waals surface area (Å²) in [6.07, 6.45) is 0. The van der Waals surface area contributed by atoms with Crippen molar-refractivity contribution in [2.45, 2.75) is 13.0 Å². The second kappa shape index (κ2) is 9.11. The molecule has 0 saturated heterocycles. The molecule has 0 saturated carbocycles. The Morgan fingerprint density at radius 2 is 1.69 bits per heavy atom. The molecule has 32 heavy (non-hydrogen) atoms. The minimum absolute atomic E-state index is 0.212. The Morgan fingerprint density at radius 3 is 2.34 bits per heavy atom. The van der Waals surface area contributed by atoms with Gasteiger partial charge in [-0.2, -0.15) is 5.10 Å². The van der Waals surface area contributed by atoms with Gasteiger partial charge in [-0.3, -0.25) is 0 Å². The fraction of sp³-hybridized carbons (Fsp3) is 0.0833. The molecule has 1 heterocycles. The molecule has 0 fully saturated rings. The minimum atomic E-state index is -0.429. The highest BCUT2D eigenvalue weighted by atomic mass is 35.5. The van der Waals surface area contributed by atoms with Crippen LogP contribution in [-0.2, 0) is 0 Å². The highest BCUT2D eigenvalue weighted by Gasteiger charge is 2.21. The van der Waals surface area contributed by atoms with Crippen molar-refractivity contribution in [3.05, 3.63) is 95.3 Å². The van der Waals surface area contributed by atoms with Gasteiger partial charge in [0.05, 0.1) is 11.7 Å². The van der Waals surface area contributed by atoms with Crippen molar-refractivity contribution in [2.24, 2.45) is 0 Å². The summed E-state index contributed by atoms with van der Waals surface area (Å²) >= 11 is 6.02. The monoisotopic (exact) mass is 449 g/mol. The zero-order valence-corrected chi connectivity index (χ0v) is 18.0. The maximum atomic E-state index is 13.4. The Labute approximate surface area is 189 Å². The van der Waals surface area contributed by atoms with Crippen molar-refractivity contribution in [1.82, 2.24) is 15.1 Å². The van der Waals surface area contributed by atoms with Crippen LogP contribution < -0.4 is 16.4 Å². The molecule has 4 N–H and O–H groups in total. The molecule has 0 aliphatic carbocycles. The van der Waals surface area contributed by atoms with Gasteiger partial charge in [-0.15, -0.1) is 0 Å². The number of nitrogens with two attached hydrogens (primary N) is 1. The fourth-order valence-electron chi connectivity index (χ4n) is 3.31. The Bertz CT molecular complexity index is 1220. The predicted octanol–water partition coefficient (Wildman–Crippen LogP) is 5.80. The van der Waals surface area contributed by atoms with Crippen LogP contribution in [-0.4, -0.2) is 15.8 Å². The lowest BCUT2D eigenvalue weighted by molar-refractivity contribution is 0.249. The van der Waals surface area contributed by atoms with Gasteiger partial charge in [0.25, 0.3) is 0 Å². The van der Waals surface area contributed by atoms with E-state index in [0.29, 0.717) is 27.7 Å². The van der Waals surface area contributed by atoms with Gasteiger partial charge in [0.1, 0.15) is 17.2 Å². The second-order valence-electron chi connectivity index (χ2n) is 7.23. The topological polar surface area (TPSA) is 85.0 Å². The summed E-state index contributed by atoms with van der Waals surface area (Å²) in [5, 5.41) is 10.9. The summed E-state index contributed by atoms with van der Waals surface area (Å²) in [7, 11) is 0. The van der Waals surface area contributed by atoms with Crippen LogP contribution in [0.1, 0.15) is 18.5 Å². The molecule has 0 aliphatic rings. The van der Waals surface area contributed by atoms with Crippen LogP contribution >= 0.6 is 11.6 Å². The molecule has 1 atom stereocenters. The zero-order chi connectivity index (χ0) is 22.7. The molecule has 0 unspecified atom stereocenters. The summed E-state index contributed by atoms with van der Waals surface area (Å²) < 4.78 is 14.8. The van der Waals surface area contributed by atoms with Gasteiger partial charge in [0, 0.05) is 10.6 Å². The lowest BCUT2D eigenvalue weighted by Gasteiger charge is -2.15. The van der Waals surface area contributed by atoms with Gasteiger partial charge in [0.15, 0.2) is 5.82 Å². The van der Waals surface area contributed by atoms with Crippen molar-refractivity contribution in [3.63, 3.8) is 0 Å². The lowest BCUT2D eigenvalue weighted by Crippen LogP contribution is -2.31. The van der Waals surface area contributed by atoms with E-state index in [4.69, 9.17) is 17.3 Å². The van der Waals surface area contributed by atoms with Crippen LogP contribution in [0, 0.1) is 5.82 Å². The van der Waals surface area contributed by atoms with E-state index in [1.807, 2.05) is 37.3 Å². The maximum Gasteiger partial charge on any atom is 0.319 e. The van der Waals surface area contributed by atoms with Gasteiger partial charge in [-0.05, 0) is 48.9 Å². The lowest BCUT2D eigenvalue weighted by atomic mass is 10.1. The molecule has 0 radical (unpaired) electrons. The summed E-state index contributed by atoms with van der Waals surface area (Å²) in [5.41, 5.74) is 9.42. The van der Waals surface area contributed by atoms with E-state index in [1.165, 1.54) is 16.8 Å². The number of halogens is 2. The maximum absolute atomic E-state index is 13.4. The van der Waals surface area contributed by atoms with E-state index in [9.17, 15) is 9.18 Å². The molecule has 0 spiro atoms. The van der Waals surface area contributed by atoms with Crippen molar-refractivity contribution >= 4 is 29.1 Å². The van der Waals surface area contributed by atoms with Crippen LogP contribution in [0.3, 0.4) is 0 Å². The van der Waals surface area contributed by atoms with Crippen LogP contribution in [0.25, 0.3) is 16.9 Å². The largest absolute Gasteiger partial charge is 0.382 e. The van der Waals surface area contributed by atoms with Gasteiger partial charge in [0.2, 0.25) is 0 Å². The molecule has 1 aromatic heterocycles. The Balaban J connectivity index is 1.68. The predicted molar refractivity (Wildman–Crippen MR) is 125 cm³/mol. The molecule has 6 nitrogen and oxygen atoms in total. The third-order valence-corrected chi connectivity index (χ3v) is 5.25. The standard InChI is InChI=1S/C24H21ClFN5O/c1-15(16-5-3-2-4-6-16)28-24(32)29-22-21(17-7-9-18(25)10-8-17)30-31(23(22)27)20-13-11-19(26)12-14-20/h2-15H,27H2,1H3,(H2,28,29,32)/t15-/m1/s1. The number of anilines is 2. The number of benzene rings is 3. The van der Waals surface area contributed by atoms with E-state index in [0.717, 1.165) is 5.56 Å². The molecule has 0 aliphatic heterocycles. The van der Waals surface area contributed by atoms with Crippen molar-refractivity contribution < 1.29 is 9.18 Å². The molecule has 3 aromatic carbocycles. The Kier molecular flexibility index (Phi) is 6.09. The summed E-state index contributed by atoms with van der Waals surface area (Å²) in [5.74, 6) is -0.158. The number of rotatable bonds is 5. The molecule has 162 valence electrons. The normalized spacial score (nSPS) is 11.7. The number of hydrogen-bond donors (Lipinski definition) is 3. The fourth-order valence-corrected chi connectivity index (χ4v) is 3.44. The summed E-state index contributed by atoms with van der Waals surface area (Å²) in [6, 6.07) is 21.8. The molecule has 8 heteroatoms. The van der Waals surface area contributed by atoms with E-state index >= 15 is 0 Å². The van der Waals surface area contributed by atoms with Crippen molar-refractivity contribution in [3.8, 4) is 16.9 Å². The molecular weight excluding hydrogens is 429 g/mol. The number of hydrogen-bond acceptors (Lipinski definition) is 3. The first-order chi connectivity index (χ1) is 15.4. The molecule has 0 bridgehead atoms. The third-order valence-electron chi connectivity index (χ3n) is 5.00. The van der Waals surface area contributed by atoms with Gasteiger partial charge >= 0.3 is 6.03 Å². The van der Waals surface area contributed by atoms with E-state index in [-0.39, 0.29) is 17.7 Å². The number of nitrogens with zero attached hydrogens (tertiary/aromatic N) is 2. The number of urea groups is 1. The highest BCUT2D eigenvalue weighted by molar-refractivity contribution is 6.30.